The summed E-state index contributed by atoms with van der Waals surface area (Å²) in [6.07, 6.45) is 2.12. The van der Waals surface area contributed by atoms with E-state index in [1.807, 2.05) is 18.2 Å². The maximum Gasteiger partial charge on any atom is 0.149 e. The van der Waals surface area contributed by atoms with Gasteiger partial charge >= 0.3 is 0 Å². The molecule has 0 heterocycles. The Kier molecular flexibility index (Phi) is 6.13. The lowest BCUT2D eigenvalue weighted by Crippen LogP contribution is -2.33. The molecule has 0 saturated heterocycles. The number of aliphatic imine (C=N–C) groups is 1. The van der Waals surface area contributed by atoms with Gasteiger partial charge in [-0.1, -0.05) is 53.0 Å². The molecule has 3 rings (SSSR count). The molecule has 2 aromatic rings. The van der Waals surface area contributed by atoms with Crippen molar-refractivity contribution in [3.63, 3.8) is 0 Å². The highest BCUT2D eigenvalue weighted by Gasteiger charge is 2.34. The molecule has 0 unspecified atom stereocenters. The second kappa shape index (κ2) is 8.34. The van der Waals surface area contributed by atoms with Crippen molar-refractivity contribution in [3.8, 4) is 0 Å². The lowest BCUT2D eigenvalue weighted by Gasteiger charge is -2.24. The summed E-state index contributed by atoms with van der Waals surface area (Å²) in [4.78, 5) is 29.1. The van der Waals surface area contributed by atoms with E-state index in [0.717, 1.165) is 11.1 Å². The van der Waals surface area contributed by atoms with E-state index in [1.54, 1.807) is 24.3 Å². The normalized spacial score (nSPS) is 20.7. The minimum Gasteiger partial charge on any atom is -0.298 e. The molecule has 3 nitrogen and oxygen atoms in total. The summed E-state index contributed by atoms with van der Waals surface area (Å²) in [5.41, 5.74) is 1.83. The number of nitrogens with zero attached hydrogens (tertiary/aromatic N) is 1. The van der Waals surface area contributed by atoms with E-state index in [1.165, 1.54) is 6.21 Å². The van der Waals surface area contributed by atoms with Gasteiger partial charge in [0.25, 0.3) is 0 Å². The molecule has 6 heteroatoms. The van der Waals surface area contributed by atoms with Crippen molar-refractivity contribution in [2.45, 2.75) is 25.3 Å². The molecule has 1 aliphatic carbocycles. The summed E-state index contributed by atoms with van der Waals surface area (Å²) in [6.45, 7) is 0.342. The number of carbonyl (C=O) groups is 2. The van der Waals surface area contributed by atoms with Crippen LogP contribution >= 0.6 is 34.8 Å². The average molecular weight is 409 g/mol. The van der Waals surface area contributed by atoms with Crippen molar-refractivity contribution in [3.05, 3.63) is 68.7 Å². The number of hydrogen-bond donors (Lipinski definition) is 0. The summed E-state index contributed by atoms with van der Waals surface area (Å²) in [5.74, 6) is -1.05. The minimum absolute atomic E-state index is 0.0908. The molecule has 0 amide bonds. The summed E-state index contributed by atoms with van der Waals surface area (Å²) in [5, 5.41) is 1.56. The number of rotatable bonds is 4. The first-order chi connectivity index (χ1) is 12.4. The monoisotopic (exact) mass is 407 g/mol. The van der Waals surface area contributed by atoms with Gasteiger partial charge in [-0.05, 0) is 41.3 Å². The van der Waals surface area contributed by atoms with Crippen molar-refractivity contribution in [2.24, 2.45) is 10.9 Å². The molecule has 134 valence electrons. The first-order valence-corrected chi connectivity index (χ1v) is 9.32. The van der Waals surface area contributed by atoms with Gasteiger partial charge in [0.05, 0.1) is 16.6 Å². The standard InChI is InChI=1S/C20H16Cl3NO2/c21-15-4-2-13(3-5-15)14-8-19(25)16(20(26)9-14)11-24-10-12-1-6-17(22)18(23)7-12/h1-7,11,14,16H,8-10H2. The first-order valence-electron chi connectivity index (χ1n) is 8.19. The van der Waals surface area contributed by atoms with Crippen molar-refractivity contribution in [2.75, 3.05) is 0 Å². The smallest absolute Gasteiger partial charge is 0.149 e. The molecule has 0 spiro atoms. The second-order valence-corrected chi connectivity index (χ2v) is 7.56. The lowest BCUT2D eigenvalue weighted by molar-refractivity contribution is -0.133. The molecular weight excluding hydrogens is 393 g/mol. The van der Waals surface area contributed by atoms with E-state index in [-0.39, 0.29) is 17.5 Å². The zero-order chi connectivity index (χ0) is 18.7. The highest BCUT2D eigenvalue weighted by molar-refractivity contribution is 6.42. The predicted molar refractivity (Wildman–Crippen MR) is 106 cm³/mol. The number of ketones is 2. The van der Waals surface area contributed by atoms with Crippen LogP contribution in [0.1, 0.15) is 29.9 Å². The summed E-state index contributed by atoms with van der Waals surface area (Å²) >= 11 is 17.7. The van der Waals surface area contributed by atoms with Gasteiger partial charge in [-0.15, -0.1) is 0 Å². The number of halogens is 3. The van der Waals surface area contributed by atoms with Crippen LogP contribution in [0.4, 0.5) is 0 Å². The van der Waals surface area contributed by atoms with Crippen LogP contribution in [0, 0.1) is 5.92 Å². The van der Waals surface area contributed by atoms with Crippen molar-refractivity contribution in [1.82, 2.24) is 0 Å². The zero-order valence-electron chi connectivity index (χ0n) is 13.8. The van der Waals surface area contributed by atoms with Crippen molar-refractivity contribution < 1.29 is 9.59 Å². The highest BCUT2D eigenvalue weighted by atomic mass is 35.5. The Bertz CT molecular complexity index is 844. The van der Waals surface area contributed by atoms with E-state index < -0.39 is 5.92 Å². The third-order valence-corrected chi connectivity index (χ3v) is 5.43. The van der Waals surface area contributed by atoms with Gasteiger partial charge in [0.1, 0.15) is 17.5 Å². The maximum absolute atomic E-state index is 12.4. The van der Waals surface area contributed by atoms with Gasteiger partial charge in [0, 0.05) is 24.1 Å². The molecule has 1 aliphatic rings. The molecule has 1 saturated carbocycles. The fraction of sp³-hybridized carbons (Fsp3) is 0.250. The van der Waals surface area contributed by atoms with Crippen LogP contribution in [0.3, 0.4) is 0 Å². The third-order valence-electron chi connectivity index (χ3n) is 4.44. The topological polar surface area (TPSA) is 46.5 Å². The quantitative estimate of drug-likeness (QED) is 0.492. The fourth-order valence-electron chi connectivity index (χ4n) is 3.03. The van der Waals surface area contributed by atoms with Crippen molar-refractivity contribution in [1.29, 1.82) is 0 Å². The number of Topliss-reactive ketones (excluding diaryl/α,β-unsaturated/α-hetero) is 2. The van der Waals surface area contributed by atoms with Crippen LogP contribution in [0.25, 0.3) is 0 Å². The summed E-state index contributed by atoms with van der Waals surface area (Å²) in [6, 6.07) is 12.5. The predicted octanol–water partition coefficient (Wildman–Crippen LogP) is 5.55. The zero-order valence-corrected chi connectivity index (χ0v) is 16.1. The van der Waals surface area contributed by atoms with Crippen LogP contribution in [0.2, 0.25) is 15.1 Å². The Morgan fingerprint density at radius 1 is 0.923 bits per heavy atom. The van der Waals surface area contributed by atoms with E-state index in [2.05, 4.69) is 4.99 Å². The van der Waals surface area contributed by atoms with Gasteiger partial charge in [-0.25, -0.2) is 0 Å². The number of carbonyl (C=O) groups excluding carboxylic acids is 2. The van der Waals surface area contributed by atoms with Gasteiger partial charge in [-0.3, -0.25) is 14.6 Å². The average Bonchev–Trinajstić information content (AvgIpc) is 2.61. The Hall–Kier alpha value is -1.68. The van der Waals surface area contributed by atoms with E-state index in [0.29, 0.717) is 34.5 Å². The van der Waals surface area contributed by atoms with E-state index in [4.69, 9.17) is 34.8 Å². The Morgan fingerprint density at radius 2 is 1.58 bits per heavy atom. The molecule has 0 atom stereocenters. The van der Waals surface area contributed by atoms with Crippen molar-refractivity contribution >= 4 is 52.6 Å². The van der Waals surface area contributed by atoms with Crippen LogP contribution in [0.15, 0.2) is 47.5 Å². The lowest BCUT2D eigenvalue weighted by atomic mass is 9.77. The molecule has 0 radical (unpaired) electrons. The molecular formula is C20H16Cl3NO2. The van der Waals surface area contributed by atoms with Crippen LogP contribution in [-0.4, -0.2) is 17.8 Å². The number of hydrogen-bond acceptors (Lipinski definition) is 3. The number of benzene rings is 2. The Balaban J connectivity index is 1.64. The fourth-order valence-corrected chi connectivity index (χ4v) is 3.48. The van der Waals surface area contributed by atoms with E-state index in [9.17, 15) is 9.59 Å². The third kappa shape index (κ3) is 4.53. The molecule has 2 aromatic carbocycles. The molecule has 26 heavy (non-hydrogen) atoms. The van der Waals surface area contributed by atoms with Gasteiger partial charge in [0.15, 0.2) is 0 Å². The Morgan fingerprint density at radius 3 is 2.19 bits per heavy atom. The van der Waals surface area contributed by atoms with Gasteiger partial charge in [0.2, 0.25) is 0 Å². The highest BCUT2D eigenvalue weighted by Crippen LogP contribution is 2.32. The summed E-state index contributed by atoms with van der Waals surface area (Å²) in [7, 11) is 0. The van der Waals surface area contributed by atoms with Crippen LogP contribution < -0.4 is 0 Å². The second-order valence-electron chi connectivity index (χ2n) is 6.31. The SMILES string of the molecule is O=C1CC(c2ccc(Cl)cc2)CC(=O)C1C=NCc1ccc(Cl)c(Cl)c1. The van der Waals surface area contributed by atoms with Crippen LogP contribution in [0.5, 0.6) is 0 Å². The maximum atomic E-state index is 12.4. The first kappa shape index (κ1) is 19.1. The van der Waals surface area contributed by atoms with Gasteiger partial charge < -0.3 is 0 Å². The molecule has 0 aliphatic heterocycles. The molecule has 0 aromatic heterocycles. The minimum atomic E-state index is -0.763. The Labute approximate surface area is 167 Å². The largest absolute Gasteiger partial charge is 0.298 e. The van der Waals surface area contributed by atoms with Gasteiger partial charge in [-0.2, -0.15) is 0 Å². The molecule has 1 fully saturated rings. The molecule has 0 N–H and O–H groups in total. The van der Waals surface area contributed by atoms with E-state index >= 15 is 0 Å². The summed E-state index contributed by atoms with van der Waals surface area (Å²) < 4.78 is 0. The van der Waals surface area contributed by atoms with Crippen LogP contribution in [-0.2, 0) is 16.1 Å². The molecule has 0 bridgehead atoms.